The van der Waals surface area contributed by atoms with E-state index >= 15 is 0 Å². The van der Waals surface area contributed by atoms with E-state index < -0.39 is 0 Å². The Morgan fingerprint density at radius 3 is 2.42 bits per heavy atom. The third kappa shape index (κ3) is 5.81. The normalized spacial score (nSPS) is 11.0. The number of hydrogen-bond acceptors (Lipinski definition) is 6. The van der Waals surface area contributed by atoms with Crippen LogP contribution in [0, 0.1) is 0 Å². The van der Waals surface area contributed by atoms with Crippen LogP contribution in [0.25, 0.3) is 0 Å². The molecule has 0 saturated carbocycles. The summed E-state index contributed by atoms with van der Waals surface area (Å²) in [5, 5.41) is 7.31. The number of rotatable bonds is 6. The highest BCUT2D eigenvalue weighted by atomic mass is 32.2. The summed E-state index contributed by atoms with van der Waals surface area (Å²) in [5.41, 5.74) is 4.73. The van der Waals surface area contributed by atoms with Gasteiger partial charge in [-0.3, -0.25) is 9.59 Å². The average Bonchev–Trinajstić information content (AvgIpc) is 2.59. The van der Waals surface area contributed by atoms with Gasteiger partial charge in [-0.2, -0.15) is 5.10 Å². The van der Waals surface area contributed by atoms with E-state index in [4.69, 9.17) is 0 Å². The van der Waals surface area contributed by atoms with Gasteiger partial charge in [0.2, 0.25) is 5.91 Å². The summed E-state index contributed by atoms with van der Waals surface area (Å²) in [6.45, 7) is 3.25. The van der Waals surface area contributed by atoms with Crippen molar-refractivity contribution in [3.05, 3.63) is 48.3 Å². The van der Waals surface area contributed by atoms with Crippen molar-refractivity contribution in [3.63, 3.8) is 0 Å². The fraction of sp³-hybridized carbons (Fsp3) is 0.188. The van der Waals surface area contributed by atoms with E-state index in [0.717, 1.165) is 5.56 Å². The van der Waals surface area contributed by atoms with Crippen LogP contribution in [-0.4, -0.2) is 33.2 Å². The maximum atomic E-state index is 11.8. The number of anilines is 1. The molecule has 0 saturated heterocycles. The van der Waals surface area contributed by atoms with Crippen LogP contribution < -0.4 is 10.7 Å². The quantitative estimate of drug-likeness (QED) is 0.362. The molecule has 2 aromatic rings. The third-order valence-corrected chi connectivity index (χ3v) is 3.72. The molecular weight excluding hydrogens is 326 g/mol. The smallest absolute Gasteiger partial charge is 0.250 e. The van der Waals surface area contributed by atoms with Gasteiger partial charge in [-0.25, -0.2) is 15.4 Å². The number of benzene rings is 1. The van der Waals surface area contributed by atoms with Crippen molar-refractivity contribution >= 4 is 35.0 Å². The van der Waals surface area contributed by atoms with E-state index in [1.54, 1.807) is 37.5 Å². The summed E-state index contributed by atoms with van der Waals surface area (Å²) >= 11 is 1.24. The average molecular weight is 343 g/mol. The van der Waals surface area contributed by atoms with Crippen molar-refractivity contribution in [2.45, 2.75) is 19.0 Å². The first-order valence-electron chi connectivity index (χ1n) is 7.15. The Morgan fingerprint density at radius 2 is 1.79 bits per heavy atom. The van der Waals surface area contributed by atoms with Crippen molar-refractivity contribution < 1.29 is 9.59 Å². The topological polar surface area (TPSA) is 96.3 Å². The number of hydrogen-bond donors (Lipinski definition) is 2. The summed E-state index contributed by atoms with van der Waals surface area (Å²) in [4.78, 5) is 30.8. The first kappa shape index (κ1) is 17.6. The molecule has 8 heteroatoms. The number of hydrazone groups is 1. The van der Waals surface area contributed by atoms with Gasteiger partial charge in [0.25, 0.3) is 5.91 Å². The molecule has 0 fully saturated rings. The predicted octanol–water partition coefficient (Wildman–Crippen LogP) is 2.07. The predicted molar refractivity (Wildman–Crippen MR) is 93.9 cm³/mol. The zero-order valence-corrected chi connectivity index (χ0v) is 14.1. The van der Waals surface area contributed by atoms with E-state index in [2.05, 4.69) is 25.8 Å². The van der Waals surface area contributed by atoms with Gasteiger partial charge < -0.3 is 5.32 Å². The third-order valence-electron chi connectivity index (χ3n) is 2.85. The highest BCUT2D eigenvalue weighted by Crippen LogP contribution is 2.11. The van der Waals surface area contributed by atoms with Crippen LogP contribution in [0.5, 0.6) is 0 Å². The summed E-state index contributed by atoms with van der Waals surface area (Å²) in [6.07, 6.45) is 3.25. The molecule has 1 aromatic carbocycles. The molecule has 1 heterocycles. The molecule has 2 amide bonds. The molecule has 7 nitrogen and oxygen atoms in total. The zero-order chi connectivity index (χ0) is 17.4. The van der Waals surface area contributed by atoms with Crippen molar-refractivity contribution in [2.75, 3.05) is 11.1 Å². The Balaban J connectivity index is 1.86. The molecule has 0 unspecified atom stereocenters. The molecule has 24 heavy (non-hydrogen) atoms. The zero-order valence-electron chi connectivity index (χ0n) is 13.3. The van der Waals surface area contributed by atoms with Crippen LogP contribution in [0.3, 0.4) is 0 Å². The molecule has 124 valence electrons. The Morgan fingerprint density at radius 1 is 1.12 bits per heavy atom. The number of thioether (sulfide) groups is 1. The minimum Gasteiger partial charge on any atom is -0.326 e. The van der Waals surface area contributed by atoms with E-state index in [1.807, 2.05) is 12.1 Å². The van der Waals surface area contributed by atoms with E-state index in [0.29, 0.717) is 16.6 Å². The van der Waals surface area contributed by atoms with E-state index in [1.165, 1.54) is 18.7 Å². The van der Waals surface area contributed by atoms with E-state index in [9.17, 15) is 9.59 Å². The number of aromatic nitrogens is 2. The second-order valence-corrected chi connectivity index (χ2v) is 5.75. The largest absolute Gasteiger partial charge is 0.326 e. The molecule has 0 aliphatic carbocycles. The molecule has 0 bridgehead atoms. The lowest BCUT2D eigenvalue weighted by Gasteiger charge is -2.05. The number of amides is 2. The first-order chi connectivity index (χ1) is 11.5. The van der Waals surface area contributed by atoms with E-state index in [-0.39, 0.29) is 17.6 Å². The molecular formula is C16H17N5O2S. The Hall–Kier alpha value is -2.74. The Labute approximate surface area is 144 Å². The van der Waals surface area contributed by atoms with Crippen molar-refractivity contribution in [3.8, 4) is 0 Å². The second kappa shape index (κ2) is 8.78. The van der Waals surface area contributed by atoms with Gasteiger partial charge in [-0.1, -0.05) is 23.9 Å². The number of nitrogens with zero attached hydrogens (tertiary/aromatic N) is 3. The summed E-state index contributed by atoms with van der Waals surface area (Å²) in [5.74, 6) is -0.176. The molecule has 0 aliphatic rings. The van der Waals surface area contributed by atoms with Gasteiger partial charge in [-0.15, -0.1) is 0 Å². The molecule has 2 rings (SSSR count). The lowest BCUT2D eigenvalue weighted by atomic mass is 10.1. The molecule has 0 radical (unpaired) electrons. The SMILES string of the molecule is CC(=O)Nc1ccc(/C(C)=N\NC(=O)CSc2ncccn2)cc1. The monoisotopic (exact) mass is 343 g/mol. The van der Waals surface area contributed by atoms with Gasteiger partial charge >= 0.3 is 0 Å². The highest BCUT2D eigenvalue weighted by molar-refractivity contribution is 7.99. The van der Waals surface area contributed by atoms with Crippen LogP contribution in [0.4, 0.5) is 5.69 Å². The fourth-order valence-corrected chi connectivity index (χ4v) is 2.33. The first-order valence-corrected chi connectivity index (χ1v) is 8.14. The van der Waals surface area contributed by atoms with Crippen LogP contribution >= 0.6 is 11.8 Å². The number of nitrogens with one attached hydrogen (secondary N) is 2. The van der Waals surface area contributed by atoms with Crippen LogP contribution in [0.15, 0.2) is 53.0 Å². The molecule has 2 N–H and O–H groups in total. The van der Waals surface area contributed by atoms with Crippen molar-refractivity contribution in [1.29, 1.82) is 0 Å². The maximum Gasteiger partial charge on any atom is 0.250 e. The van der Waals surface area contributed by atoms with Gasteiger partial charge in [0.15, 0.2) is 5.16 Å². The maximum absolute atomic E-state index is 11.8. The minimum absolute atomic E-state index is 0.125. The van der Waals surface area contributed by atoms with Gasteiger partial charge in [0.1, 0.15) is 0 Å². The fourth-order valence-electron chi connectivity index (χ4n) is 1.73. The Kier molecular flexibility index (Phi) is 6.44. The summed E-state index contributed by atoms with van der Waals surface area (Å²) in [6, 6.07) is 8.92. The molecule has 0 aliphatic heterocycles. The van der Waals surface area contributed by atoms with Gasteiger partial charge in [0.05, 0.1) is 11.5 Å². The lowest BCUT2D eigenvalue weighted by molar-refractivity contribution is -0.118. The number of carbonyl (C=O) groups is 2. The highest BCUT2D eigenvalue weighted by Gasteiger charge is 2.04. The lowest BCUT2D eigenvalue weighted by Crippen LogP contribution is -2.21. The van der Waals surface area contributed by atoms with Gasteiger partial charge in [0, 0.05) is 25.0 Å². The standard InChI is InChI=1S/C16H17N5O2S/c1-11(13-4-6-14(7-5-13)19-12(2)22)20-21-15(23)10-24-16-17-8-3-9-18-16/h3-9H,10H2,1-2H3,(H,19,22)(H,21,23)/b20-11-. The van der Waals surface area contributed by atoms with Crippen LogP contribution in [0.1, 0.15) is 19.4 Å². The summed E-state index contributed by atoms with van der Waals surface area (Å²) in [7, 11) is 0. The summed E-state index contributed by atoms with van der Waals surface area (Å²) < 4.78 is 0. The van der Waals surface area contributed by atoms with Crippen molar-refractivity contribution in [1.82, 2.24) is 15.4 Å². The molecule has 0 atom stereocenters. The minimum atomic E-state index is -0.235. The Bertz CT molecular complexity index is 732. The molecule has 0 spiro atoms. The number of carbonyl (C=O) groups excluding carboxylic acids is 2. The van der Waals surface area contributed by atoms with Crippen molar-refractivity contribution in [2.24, 2.45) is 5.10 Å². The van der Waals surface area contributed by atoms with Crippen LogP contribution in [0.2, 0.25) is 0 Å². The van der Waals surface area contributed by atoms with Gasteiger partial charge in [-0.05, 0) is 30.7 Å². The van der Waals surface area contributed by atoms with Crippen LogP contribution in [-0.2, 0) is 9.59 Å². The second-order valence-electron chi connectivity index (χ2n) is 4.81. The molecule has 1 aromatic heterocycles.